The number of urea groups is 1. The first kappa shape index (κ1) is 15.3. The zero-order chi connectivity index (χ0) is 14.4. The topological polar surface area (TPSA) is 69.6 Å². The first-order valence-electron chi connectivity index (χ1n) is 5.98. The minimum absolute atomic E-state index is 0.330. The average molecular weight is 285 g/mol. The van der Waals surface area contributed by atoms with Crippen molar-refractivity contribution in [2.75, 3.05) is 18.4 Å². The molecule has 0 radical (unpaired) electrons. The lowest BCUT2D eigenvalue weighted by Crippen LogP contribution is -2.39. The van der Waals surface area contributed by atoms with Crippen LogP contribution in [-0.4, -0.2) is 35.1 Å². The Bertz CT molecular complexity index is 477. The highest BCUT2D eigenvalue weighted by atomic mass is 35.5. The van der Waals surface area contributed by atoms with E-state index in [1.54, 1.807) is 12.1 Å². The number of carbonyl (C=O) groups is 2. The molecule has 5 nitrogen and oxygen atoms in total. The number of aliphatic carboxylic acids is 1. The van der Waals surface area contributed by atoms with E-state index >= 15 is 0 Å². The van der Waals surface area contributed by atoms with E-state index in [4.69, 9.17) is 16.7 Å². The summed E-state index contributed by atoms with van der Waals surface area (Å²) >= 11 is 5.98. The Kier molecular flexibility index (Phi) is 5.63. The second-order valence-electron chi connectivity index (χ2n) is 4.23. The van der Waals surface area contributed by atoms with E-state index in [9.17, 15) is 9.59 Å². The molecule has 19 heavy (non-hydrogen) atoms. The van der Waals surface area contributed by atoms with E-state index in [1.165, 1.54) is 4.90 Å². The van der Waals surface area contributed by atoms with Crippen molar-refractivity contribution in [3.63, 3.8) is 0 Å². The monoisotopic (exact) mass is 284 g/mol. The van der Waals surface area contributed by atoms with E-state index in [1.807, 2.05) is 19.9 Å². The van der Waals surface area contributed by atoms with Crippen LogP contribution in [0.15, 0.2) is 18.2 Å². The first-order chi connectivity index (χ1) is 8.93. The fraction of sp³-hybridized carbons (Fsp3) is 0.385. The molecular weight excluding hydrogens is 268 g/mol. The molecule has 0 aliphatic carbocycles. The highest BCUT2D eigenvalue weighted by molar-refractivity contribution is 6.33. The van der Waals surface area contributed by atoms with Crippen molar-refractivity contribution < 1.29 is 14.7 Å². The summed E-state index contributed by atoms with van der Waals surface area (Å²) in [5.41, 5.74) is 1.44. The van der Waals surface area contributed by atoms with Crippen LogP contribution in [0.2, 0.25) is 5.02 Å². The van der Waals surface area contributed by atoms with Crippen LogP contribution < -0.4 is 5.32 Å². The predicted octanol–water partition coefficient (Wildman–Crippen LogP) is 2.98. The van der Waals surface area contributed by atoms with Crippen molar-refractivity contribution in [2.24, 2.45) is 0 Å². The Morgan fingerprint density at radius 2 is 2.11 bits per heavy atom. The fourth-order valence-corrected chi connectivity index (χ4v) is 1.78. The van der Waals surface area contributed by atoms with Crippen molar-refractivity contribution in [2.45, 2.75) is 20.3 Å². The van der Waals surface area contributed by atoms with Crippen LogP contribution in [0.25, 0.3) is 0 Å². The molecule has 0 saturated carbocycles. The third-order valence-electron chi connectivity index (χ3n) is 2.47. The molecule has 0 heterocycles. The number of aryl methyl sites for hydroxylation is 1. The molecule has 2 N–H and O–H groups in total. The van der Waals surface area contributed by atoms with E-state index in [0.29, 0.717) is 23.7 Å². The Hall–Kier alpha value is -1.75. The lowest BCUT2D eigenvalue weighted by Gasteiger charge is -2.21. The van der Waals surface area contributed by atoms with Crippen molar-refractivity contribution in [3.05, 3.63) is 28.8 Å². The number of amides is 2. The Balaban J connectivity index is 2.80. The lowest BCUT2D eigenvalue weighted by atomic mass is 10.2. The highest BCUT2D eigenvalue weighted by Gasteiger charge is 2.16. The number of nitrogens with one attached hydrogen (secondary N) is 1. The number of carboxylic acids is 1. The summed E-state index contributed by atoms with van der Waals surface area (Å²) < 4.78 is 0. The average Bonchev–Trinajstić information content (AvgIpc) is 2.32. The van der Waals surface area contributed by atoms with Gasteiger partial charge < -0.3 is 15.3 Å². The minimum atomic E-state index is -1.04. The van der Waals surface area contributed by atoms with Gasteiger partial charge in [0.25, 0.3) is 0 Å². The molecule has 0 fully saturated rings. The summed E-state index contributed by atoms with van der Waals surface area (Å²) in [5, 5.41) is 11.8. The van der Waals surface area contributed by atoms with E-state index in [0.717, 1.165) is 5.56 Å². The summed E-state index contributed by atoms with van der Waals surface area (Å²) in [5.74, 6) is -1.04. The summed E-state index contributed by atoms with van der Waals surface area (Å²) in [6.45, 7) is 3.81. The molecule has 2 amide bonds. The standard InChI is InChI=1S/C13H17ClN2O3/c1-3-6-16(8-12(17)18)13(19)15-11-7-9(2)4-5-10(11)14/h4-5,7H,3,6,8H2,1-2H3,(H,15,19)(H,17,18). The van der Waals surface area contributed by atoms with Gasteiger partial charge in [0.2, 0.25) is 0 Å². The second kappa shape index (κ2) is 6.99. The molecule has 6 heteroatoms. The van der Waals surface area contributed by atoms with Gasteiger partial charge in [-0.3, -0.25) is 4.79 Å². The molecule has 0 aliphatic rings. The minimum Gasteiger partial charge on any atom is -0.480 e. The molecule has 0 unspecified atom stereocenters. The Morgan fingerprint density at radius 1 is 1.42 bits per heavy atom. The third kappa shape index (κ3) is 4.79. The molecule has 0 bridgehead atoms. The van der Waals surface area contributed by atoms with Gasteiger partial charge in [-0.25, -0.2) is 4.79 Å². The van der Waals surface area contributed by atoms with E-state index < -0.39 is 12.0 Å². The molecule has 0 atom stereocenters. The van der Waals surface area contributed by atoms with Crippen LogP contribution in [0.1, 0.15) is 18.9 Å². The fourth-order valence-electron chi connectivity index (χ4n) is 1.61. The maximum absolute atomic E-state index is 12.0. The van der Waals surface area contributed by atoms with Gasteiger partial charge in [-0.05, 0) is 31.0 Å². The number of halogens is 1. The molecular formula is C13H17ClN2O3. The molecule has 1 aromatic rings. The molecule has 104 valence electrons. The van der Waals surface area contributed by atoms with Gasteiger partial charge in [0.05, 0.1) is 10.7 Å². The van der Waals surface area contributed by atoms with Crippen LogP contribution in [0, 0.1) is 6.92 Å². The summed E-state index contributed by atoms with van der Waals surface area (Å²) in [4.78, 5) is 23.9. The number of rotatable bonds is 5. The van der Waals surface area contributed by atoms with Crippen LogP contribution >= 0.6 is 11.6 Å². The van der Waals surface area contributed by atoms with Crippen molar-refractivity contribution in [1.29, 1.82) is 0 Å². The molecule has 0 aromatic heterocycles. The third-order valence-corrected chi connectivity index (χ3v) is 2.80. The van der Waals surface area contributed by atoms with Crippen LogP contribution in [0.4, 0.5) is 10.5 Å². The van der Waals surface area contributed by atoms with Crippen LogP contribution in [-0.2, 0) is 4.79 Å². The van der Waals surface area contributed by atoms with Crippen LogP contribution in [0.5, 0.6) is 0 Å². The van der Waals surface area contributed by atoms with E-state index in [2.05, 4.69) is 5.32 Å². The predicted molar refractivity (Wildman–Crippen MR) is 74.7 cm³/mol. The van der Waals surface area contributed by atoms with Gasteiger partial charge in [0.15, 0.2) is 0 Å². The van der Waals surface area contributed by atoms with Crippen molar-refractivity contribution >= 4 is 29.3 Å². The summed E-state index contributed by atoms with van der Waals surface area (Å²) in [6, 6.07) is 4.80. The van der Waals surface area contributed by atoms with E-state index in [-0.39, 0.29) is 6.54 Å². The van der Waals surface area contributed by atoms with Crippen molar-refractivity contribution in [3.8, 4) is 0 Å². The van der Waals surface area contributed by atoms with Gasteiger partial charge in [-0.2, -0.15) is 0 Å². The normalized spacial score (nSPS) is 10.1. The summed E-state index contributed by atoms with van der Waals surface area (Å²) in [6.07, 6.45) is 0.683. The maximum Gasteiger partial charge on any atom is 0.323 e. The lowest BCUT2D eigenvalue weighted by molar-refractivity contribution is -0.137. The zero-order valence-corrected chi connectivity index (χ0v) is 11.7. The molecule has 1 rings (SSSR count). The van der Waals surface area contributed by atoms with Gasteiger partial charge >= 0.3 is 12.0 Å². The first-order valence-corrected chi connectivity index (χ1v) is 6.35. The van der Waals surface area contributed by atoms with Crippen molar-refractivity contribution in [1.82, 2.24) is 4.90 Å². The van der Waals surface area contributed by atoms with Gasteiger partial charge in [-0.15, -0.1) is 0 Å². The number of nitrogens with zero attached hydrogens (tertiary/aromatic N) is 1. The number of carbonyl (C=O) groups excluding carboxylic acids is 1. The van der Waals surface area contributed by atoms with Gasteiger partial charge in [-0.1, -0.05) is 24.6 Å². The molecule has 0 spiro atoms. The largest absolute Gasteiger partial charge is 0.480 e. The number of hydrogen-bond donors (Lipinski definition) is 2. The van der Waals surface area contributed by atoms with Crippen LogP contribution in [0.3, 0.4) is 0 Å². The number of benzene rings is 1. The number of carboxylic acid groups (broad SMARTS) is 1. The smallest absolute Gasteiger partial charge is 0.323 e. The Labute approximate surface area is 117 Å². The zero-order valence-electron chi connectivity index (χ0n) is 10.9. The highest BCUT2D eigenvalue weighted by Crippen LogP contribution is 2.23. The maximum atomic E-state index is 12.0. The van der Waals surface area contributed by atoms with Gasteiger partial charge in [0, 0.05) is 6.54 Å². The molecule has 0 saturated heterocycles. The number of anilines is 1. The van der Waals surface area contributed by atoms with Gasteiger partial charge in [0.1, 0.15) is 6.54 Å². The Morgan fingerprint density at radius 3 is 2.68 bits per heavy atom. The molecule has 1 aromatic carbocycles. The number of hydrogen-bond acceptors (Lipinski definition) is 2. The summed E-state index contributed by atoms with van der Waals surface area (Å²) in [7, 11) is 0. The second-order valence-corrected chi connectivity index (χ2v) is 4.64. The SMILES string of the molecule is CCCN(CC(=O)O)C(=O)Nc1cc(C)ccc1Cl. The quantitative estimate of drug-likeness (QED) is 0.873. The molecule has 0 aliphatic heterocycles.